The number of rotatable bonds is 4. The predicted octanol–water partition coefficient (Wildman–Crippen LogP) is 2.97. The van der Waals surface area contributed by atoms with Crippen molar-refractivity contribution in [3.63, 3.8) is 0 Å². The van der Waals surface area contributed by atoms with Gasteiger partial charge in [-0.25, -0.2) is 17.9 Å². The SMILES string of the molecule is COc1ccc(S(=O)(=O)NC(=O)Nc2ccc(Br)cc2)cc1. The third-order valence-corrected chi connectivity index (χ3v) is 4.57. The number of carbonyl (C=O) groups excluding carboxylic acids is 1. The maximum absolute atomic E-state index is 12.1. The minimum atomic E-state index is -3.94. The Morgan fingerprint density at radius 2 is 1.64 bits per heavy atom. The topological polar surface area (TPSA) is 84.5 Å². The van der Waals surface area contributed by atoms with E-state index in [2.05, 4.69) is 21.2 Å². The molecule has 0 aliphatic carbocycles. The molecule has 0 heterocycles. The van der Waals surface area contributed by atoms with Crippen LogP contribution in [0.5, 0.6) is 5.75 Å². The quantitative estimate of drug-likeness (QED) is 0.848. The lowest BCUT2D eigenvalue weighted by Crippen LogP contribution is -2.34. The van der Waals surface area contributed by atoms with Gasteiger partial charge in [0.25, 0.3) is 10.0 Å². The molecule has 2 amide bonds. The van der Waals surface area contributed by atoms with Gasteiger partial charge in [0.05, 0.1) is 12.0 Å². The van der Waals surface area contributed by atoms with E-state index < -0.39 is 16.1 Å². The molecule has 0 saturated heterocycles. The second kappa shape index (κ2) is 6.80. The van der Waals surface area contributed by atoms with Crippen LogP contribution in [0.4, 0.5) is 10.5 Å². The summed E-state index contributed by atoms with van der Waals surface area (Å²) in [5.74, 6) is 0.526. The average molecular weight is 385 g/mol. The van der Waals surface area contributed by atoms with Gasteiger partial charge in [-0.3, -0.25) is 0 Å². The van der Waals surface area contributed by atoms with Gasteiger partial charge in [-0.1, -0.05) is 15.9 Å². The lowest BCUT2D eigenvalue weighted by molar-refractivity contribution is 0.256. The zero-order chi connectivity index (χ0) is 16.2. The summed E-state index contributed by atoms with van der Waals surface area (Å²) in [4.78, 5) is 11.7. The van der Waals surface area contributed by atoms with Crippen molar-refractivity contribution in [3.8, 4) is 5.75 Å². The minimum absolute atomic E-state index is 0.0285. The summed E-state index contributed by atoms with van der Waals surface area (Å²) >= 11 is 3.27. The van der Waals surface area contributed by atoms with E-state index in [9.17, 15) is 13.2 Å². The summed E-state index contributed by atoms with van der Waals surface area (Å²) in [5.41, 5.74) is 0.477. The highest BCUT2D eigenvalue weighted by molar-refractivity contribution is 9.10. The van der Waals surface area contributed by atoms with Gasteiger partial charge >= 0.3 is 6.03 Å². The molecular formula is C14H13BrN2O4S. The summed E-state index contributed by atoms with van der Waals surface area (Å²) in [7, 11) is -2.46. The highest BCUT2D eigenvalue weighted by atomic mass is 79.9. The number of nitrogens with one attached hydrogen (secondary N) is 2. The molecule has 2 N–H and O–H groups in total. The fourth-order valence-corrected chi connectivity index (χ4v) is 2.80. The molecule has 0 spiro atoms. The molecule has 0 unspecified atom stereocenters. The van der Waals surface area contributed by atoms with E-state index >= 15 is 0 Å². The third-order valence-electron chi connectivity index (χ3n) is 2.70. The Morgan fingerprint density at radius 1 is 1.05 bits per heavy atom. The first-order valence-electron chi connectivity index (χ1n) is 6.14. The number of methoxy groups -OCH3 is 1. The van der Waals surface area contributed by atoms with Gasteiger partial charge < -0.3 is 10.1 Å². The van der Waals surface area contributed by atoms with Crippen LogP contribution in [-0.2, 0) is 10.0 Å². The van der Waals surface area contributed by atoms with Crippen LogP contribution in [0.3, 0.4) is 0 Å². The summed E-state index contributed by atoms with van der Waals surface area (Å²) < 4.78 is 31.9. The summed E-state index contributed by atoms with van der Waals surface area (Å²) in [5, 5.41) is 2.44. The van der Waals surface area contributed by atoms with Crippen molar-refractivity contribution in [2.75, 3.05) is 12.4 Å². The van der Waals surface area contributed by atoms with Gasteiger partial charge in [-0.2, -0.15) is 0 Å². The maximum atomic E-state index is 12.1. The molecule has 0 bridgehead atoms. The Hall–Kier alpha value is -2.06. The number of anilines is 1. The Kier molecular flexibility index (Phi) is 5.04. The Balaban J connectivity index is 2.07. The van der Waals surface area contributed by atoms with Crippen LogP contribution < -0.4 is 14.8 Å². The van der Waals surface area contributed by atoms with Crippen molar-refractivity contribution in [3.05, 3.63) is 53.0 Å². The number of sulfonamides is 1. The molecule has 0 fully saturated rings. The van der Waals surface area contributed by atoms with Gasteiger partial charge in [0.15, 0.2) is 0 Å². The van der Waals surface area contributed by atoms with Crippen molar-refractivity contribution in [1.82, 2.24) is 4.72 Å². The van der Waals surface area contributed by atoms with Gasteiger partial charge in [0.2, 0.25) is 0 Å². The highest BCUT2D eigenvalue weighted by Gasteiger charge is 2.17. The van der Waals surface area contributed by atoms with E-state index in [0.717, 1.165) is 4.47 Å². The first-order chi connectivity index (χ1) is 10.4. The monoisotopic (exact) mass is 384 g/mol. The number of hydrogen-bond acceptors (Lipinski definition) is 4. The van der Waals surface area contributed by atoms with Crippen molar-refractivity contribution in [2.24, 2.45) is 0 Å². The number of urea groups is 1. The highest BCUT2D eigenvalue weighted by Crippen LogP contribution is 2.16. The molecule has 0 atom stereocenters. The summed E-state index contributed by atoms with van der Waals surface area (Å²) in [6, 6.07) is 11.6. The molecular weight excluding hydrogens is 372 g/mol. The molecule has 0 aliphatic heterocycles. The molecule has 0 radical (unpaired) electrons. The fraction of sp³-hybridized carbons (Fsp3) is 0.0714. The van der Waals surface area contributed by atoms with Crippen LogP contribution in [0.1, 0.15) is 0 Å². The van der Waals surface area contributed by atoms with Crippen molar-refractivity contribution in [1.29, 1.82) is 0 Å². The van der Waals surface area contributed by atoms with E-state index in [-0.39, 0.29) is 4.90 Å². The number of benzene rings is 2. The van der Waals surface area contributed by atoms with Crippen LogP contribution in [0, 0.1) is 0 Å². The van der Waals surface area contributed by atoms with Crippen molar-refractivity contribution < 1.29 is 17.9 Å². The number of ether oxygens (including phenoxy) is 1. The van der Waals surface area contributed by atoms with E-state index in [1.165, 1.54) is 31.4 Å². The zero-order valence-electron chi connectivity index (χ0n) is 11.5. The van der Waals surface area contributed by atoms with Gasteiger partial charge in [0.1, 0.15) is 5.75 Å². The molecule has 2 aromatic rings. The summed E-state index contributed by atoms with van der Waals surface area (Å²) in [6.45, 7) is 0. The Bertz CT molecular complexity index is 758. The van der Waals surface area contributed by atoms with Gasteiger partial charge in [-0.05, 0) is 48.5 Å². The normalized spacial score (nSPS) is 10.8. The van der Waals surface area contributed by atoms with E-state index in [1.54, 1.807) is 24.3 Å². The van der Waals surface area contributed by atoms with Gasteiger partial charge in [0, 0.05) is 10.2 Å². The Labute approximate surface area is 136 Å². The number of halogens is 1. The molecule has 8 heteroatoms. The molecule has 2 rings (SSSR count). The van der Waals surface area contributed by atoms with Gasteiger partial charge in [-0.15, -0.1) is 0 Å². The average Bonchev–Trinajstić information content (AvgIpc) is 2.49. The van der Waals surface area contributed by atoms with E-state index in [0.29, 0.717) is 11.4 Å². The number of carbonyl (C=O) groups is 1. The molecule has 22 heavy (non-hydrogen) atoms. The second-order valence-electron chi connectivity index (χ2n) is 4.24. The van der Waals surface area contributed by atoms with Crippen LogP contribution in [0.25, 0.3) is 0 Å². The molecule has 0 aromatic heterocycles. The van der Waals surface area contributed by atoms with Crippen LogP contribution >= 0.6 is 15.9 Å². The second-order valence-corrected chi connectivity index (χ2v) is 6.84. The van der Waals surface area contributed by atoms with Crippen LogP contribution in [-0.4, -0.2) is 21.6 Å². The Morgan fingerprint density at radius 3 is 2.18 bits per heavy atom. The first-order valence-corrected chi connectivity index (χ1v) is 8.42. The van der Waals surface area contributed by atoms with Crippen LogP contribution in [0.15, 0.2) is 57.9 Å². The number of amides is 2. The summed E-state index contributed by atoms with van der Waals surface area (Å²) in [6.07, 6.45) is 0. The predicted molar refractivity (Wildman–Crippen MR) is 86.5 cm³/mol. The van der Waals surface area contributed by atoms with E-state index in [4.69, 9.17) is 4.74 Å². The number of hydrogen-bond donors (Lipinski definition) is 2. The maximum Gasteiger partial charge on any atom is 0.333 e. The van der Waals surface area contributed by atoms with Crippen molar-refractivity contribution in [2.45, 2.75) is 4.90 Å². The smallest absolute Gasteiger partial charge is 0.333 e. The molecule has 0 saturated carbocycles. The minimum Gasteiger partial charge on any atom is -0.497 e. The standard InChI is InChI=1S/C14H13BrN2O4S/c1-21-12-6-8-13(9-7-12)22(19,20)17-14(18)16-11-4-2-10(15)3-5-11/h2-9H,1H3,(H2,16,17,18). The van der Waals surface area contributed by atoms with E-state index in [1.807, 2.05) is 4.72 Å². The molecule has 0 aliphatic rings. The lowest BCUT2D eigenvalue weighted by Gasteiger charge is -2.09. The molecule has 2 aromatic carbocycles. The first kappa shape index (κ1) is 16.3. The zero-order valence-corrected chi connectivity index (χ0v) is 13.9. The fourth-order valence-electron chi connectivity index (χ4n) is 1.63. The largest absolute Gasteiger partial charge is 0.497 e. The van der Waals surface area contributed by atoms with Crippen LogP contribution in [0.2, 0.25) is 0 Å². The van der Waals surface area contributed by atoms with Crippen molar-refractivity contribution >= 4 is 37.7 Å². The lowest BCUT2D eigenvalue weighted by atomic mass is 10.3. The molecule has 6 nitrogen and oxygen atoms in total. The third kappa shape index (κ3) is 4.22. The molecule has 116 valence electrons.